The number of nitrogens with one attached hydrogen (secondary N) is 1. The molecule has 7 nitrogen and oxygen atoms in total. The van der Waals surface area contributed by atoms with Crippen molar-refractivity contribution < 1.29 is 33.3 Å². The third kappa shape index (κ3) is 5.60. The fraction of sp³-hybridized carbons (Fsp3) is 0.263. The van der Waals surface area contributed by atoms with Crippen LogP contribution in [-0.4, -0.2) is 43.9 Å². The summed E-state index contributed by atoms with van der Waals surface area (Å²) < 4.78 is 28.7. The van der Waals surface area contributed by atoms with Gasteiger partial charge < -0.3 is 24.6 Å². The van der Waals surface area contributed by atoms with Crippen LogP contribution in [-0.2, 0) is 16.0 Å². The van der Waals surface area contributed by atoms with Crippen LogP contribution in [0.3, 0.4) is 0 Å². The molecule has 27 heavy (non-hydrogen) atoms. The maximum Gasteiger partial charge on any atom is 0.346 e. The second-order valence-electron chi connectivity index (χ2n) is 5.52. The number of hydrogen-bond acceptors (Lipinski definition) is 5. The molecular formula is C19H20FNO6. The van der Waals surface area contributed by atoms with Crippen molar-refractivity contribution in [2.24, 2.45) is 0 Å². The Labute approximate surface area is 155 Å². The first-order valence-corrected chi connectivity index (χ1v) is 8.06. The van der Waals surface area contributed by atoms with Crippen LogP contribution >= 0.6 is 0 Å². The predicted octanol–water partition coefficient (Wildman–Crippen LogP) is 2.03. The fourth-order valence-electron chi connectivity index (χ4n) is 2.39. The van der Waals surface area contributed by atoms with E-state index in [1.54, 1.807) is 18.2 Å². The summed E-state index contributed by atoms with van der Waals surface area (Å²) in [5.74, 6) is -0.984. The molecular weight excluding hydrogens is 357 g/mol. The molecule has 1 unspecified atom stereocenters. The van der Waals surface area contributed by atoms with Gasteiger partial charge in [0.05, 0.1) is 27.2 Å². The monoisotopic (exact) mass is 377 g/mol. The molecule has 144 valence electrons. The van der Waals surface area contributed by atoms with E-state index in [1.807, 2.05) is 0 Å². The van der Waals surface area contributed by atoms with Crippen molar-refractivity contribution in [2.75, 3.05) is 20.8 Å². The van der Waals surface area contributed by atoms with E-state index in [1.165, 1.54) is 26.4 Å². The SMILES string of the molecule is COc1cccc(OC)c1CC(=O)NCC(Oc1ccc(F)cc1)C(=O)O. The average Bonchev–Trinajstić information content (AvgIpc) is 2.66. The number of benzene rings is 2. The molecule has 8 heteroatoms. The van der Waals surface area contributed by atoms with Crippen molar-refractivity contribution >= 4 is 11.9 Å². The molecule has 0 radical (unpaired) electrons. The number of ether oxygens (including phenoxy) is 3. The summed E-state index contributed by atoms with van der Waals surface area (Å²) in [6, 6.07) is 10.1. The Balaban J connectivity index is 2.00. The lowest BCUT2D eigenvalue weighted by molar-refractivity contribution is -0.145. The van der Waals surface area contributed by atoms with Crippen molar-refractivity contribution in [1.82, 2.24) is 5.32 Å². The fourth-order valence-corrected chi connectivity index (χ4v) is 2.39. The molecule has 2 N–H and O–H groups in total. The lowest BCUT2D eigenvalue weighted by atomic mass is 10.1. The molecule has 0 heterocycles. The smallest absolute Gasteiger partial charge is 0.346 e. The molecule has 0 fully saturated rings. The van der Waals surface area contributed by atoms with Gasteiger partial charge >= 0.3 is 5.97 Å². The van der Waals surface area contributed by atoms with Gasteiger partial charge in [-0.3, -0.25) is 4.79 Å². The molecule has 2 aromatic rings. The number of rotatable bonds is 9. The molecule has 1 amide bonds. The van der Waals surface area contributed by atoms with Gasteiger partial charge in [0.25, 0.3) is 0 Å². The summed E-state index contributed by atoms with van der Waals surface area (Å²) in [5, 5.41) is 11.8. The minimum Gasteiger partial charge on any atom is -0.496 e. The van der Waals surface area contributed by atoms with Gasteiger partial charge in [-0.2, -0.15) is 0 Å². The van der Waals surface area contributed by atoms with Gasteiger partial charge in [0, 0.05) is 5.56 Å². The van der Waals surface area contributed by atoms with E-state index in [0.29, 0.717) is 17.1 Å². The van der Waals surface area contributed by atoms with Crippen molar-refractivity contribution in [3.63, 3.8) is 0 Å². The predicted molar refractivity (Wildman–Crippen MR) is 94.7 cm³/mol. The summed E-state index contributed by atoms with van der Waals surface area (Å²) in [4.78, 5) is 23.6. The normalized spacial score (nSPS) is 11.4. The van der Waals surface area contributed by atoms with E-state index in [2.05, 4.69) is 5.32 Å². The minimum atomic E-state index is -1.32. The number of carbonyl (C=O) groups excluding carboxylic acids is 1. The van der Waals surface area contributed by atoms with E-state index >= 15 is 0 Å². The zero-order valence-corrected chi connectivity index (χ0v) is 14.9. The number of carbonyl (C=O) groups is 2. The number of amides is 1. The summed E-state index contributed by atoms with van der Waals surface area (Å²) in [5.41, 5.74) is 0.548. The topological polar surface area (TPSA) is 94.1 Å². The van der Waals surface area contributed by atoms with Gasteiger partial charge in [0.15, 0.2) is 0 Å². The van der Waals surface area contributed by atoms with Crippen molar-refractivity contribution in [3.8, 4) is 17.2 Å². The third-order valence-corrected chi connectivity index (χ3v) is 3.72. The van der Waals surface area contributed by atoms with Crippen LogP contribution in [0.2, 0.25) is 0 Å². The van der Waals surface area contributed by atoms with Crippen LogP contribution in [0.1, 0.15) is 5.56 Å². The number of carboxylic acids is 1. The van der Waals surface area contributed by atoms with Gasteiger partial charge in [-0.05, 0) is 36.4 Å². The van der Waals surface area contributed by atoms with Gasteiger partial charge in [-0.1, -0.05) is 6.07 Å². The van der Waals surface area contributed by atoms with Crippen LogP contribution in [0.15, 0.2) is 42.5 Å². The van der Waals surface area contributed by atoms with Crippen molar-refractivity contribution in [3.05, 3.63) is 53.8 Å². The summed E-state index contributed by atoms with van der Waals surface area (Å²) in [6.07, 6.45) is -1.38. The zero-order valence-electron chi connectivity index (χ0n) is 14.9. The lowest BCUT2D eigenvalue weighted by Gasteiger charge is -2.17. The Bertz CT molecular complexity index is 771. The zero-order chi connectivity index (χ0) is 19.8. The van der Waals surface area contributed by atoms with Gasteiger partial charge in [-0.15, -0.1) is 0 Å². The highest BCUT2D eigenvalue weighted by molar-refractivity contribution is 5.81. The molecule has 2 aromatic carbocycles. The first-order valence-electron chi connectivity index (χ1n) is 8.06. The quantitative estimate of drug-likeness (QED) is 0.695. The van der Waals surface area contributed by atoms with E-state index in [-0.39, 0.29) is 18.7 Å². The first kappa shape index (κ1) is 20.0. The van der Waals surface area contributed by atoms with E-state index in [4.69, 9.17) is 14.2 Å². The molecule has 2 rings (SSSR count). The van der Waals surface area contributed by atoms with Crippen LogP contribution in [0.5, 0.6) is 17.2 Å². The van der Waals surface area contributed by atoms with Crippen LogP contribution in [0.25, 0.3) is 0 Å². The highest BCUT2D eigenvalue weighted by atomic mass is 19.1. The van der Waals surface area contributed by atoms with Gasteiger partial charge in [0.2, 0.25) is 12.0 Å². The number of methoxy groups -OCH3 is 2. The van der Waals surface area contributed by atoms with Crippen molar-refractivity contribution in [1.29, 1.82) is 0 Å². The van der Waals surface area contributed by atoms with E-state index < -0.39 is 23.8 Å². The molecule has 0 aliphatic carbocycles. The maximum absolute atomic E-state index is 12.9. The highest BCUT2D eigenvalue weighted by Crippen LogP contribution is 2.28. The van der Waals surface area contributed by atoms with Crippen LogP contribution in [0.4, 0.5) is 4.39 Å². The van der Waals surface area contributed by atoms with Gasteiger partial charge in [0.1, 0.15) is 23.1 Å². The lowest BCUT2D eigenvalue weighted by Crippen LogP contribution is -2.40. The molecule has 0 saturated carbocycles. The molecule has 0 saturated heterocycles. The average molecular weight is 377 g/mol. The molecule has 0 aliphatic heterocycles. The Morgan fingerprint density at radius 3 is 2.19 bits per heavy atom. The maximum atomic E-state index is 12.9. The van der Waals surface area contributed by atoms with E-state index in [9.17, 15) is 19.1 Å². The van der Waals surface area contributed by atoms with Crippen LogP contribution < -0.4 is 19.5 Å². The van der Waals surface area contributed by atoms with Gasteiger partial charge in [-0.25, -0.2) is 9.18 Å². The summed E-state index contributed by atoms with van der Waals surface area (Å²) in [6.45, 7) is -0.261. The second-order valence-corrected chi connectivity index (χ2v) is 5.52. The van der Waals surface area contributed by atoms with Crippen molar-refractivity contribution in [2.45, 2.75) is 12.5 Å². The molecule has 0 aliphatic rings. The number of hydrogen-bond donors (Lipinski definition) is 2. The summed E-state index contributed by atoms with van der Waals surface area (Å²) >= 11 is 0. The Morgan fingerprint density at radius 2 is 1.67 bits per heavy atom. The number of aliphatic carboxylic acids is 1. The van der Waals surface area contributed by atoms with E-state index in [0.717, 1.165) is 12.1 Å². The Hall–Kier alpha value is -3.29. The number of carboxylic acid groups (broad SMARTS) is 1. The highest BCUT2D eigenvalue weighted by Gasteiger charge is 2.21. The minimum absolute atomic E-state index is 0.0595. The second kappa shape index (κ2) is 9.42. The largest absolute Gasteiger partial charge is 0.496 e. The molecule has 0 aromatic heterocycles. The molecule has 0 bridgehead atoms. The Kier molecular flexibility index (Phi) is 6.99. The molecule has 1 atom stereocenters. The third-order valence-electron chi connectivity index (χ3n) is 3.72. The number of halogens is 1. The molecule has 0 spiro atoms. The standard InChI is InChI=1S/C19H20FNO6/c1-25-15-4-3-5-16(26-2)14(15)10-18(22)21-11-17(19(23)24)27-13-8-6-12(20)7-9-13/h3-9,17H,10-11H2,1-2H3,(H,21,22)(H,23,24). The van der Waals surface area contributed by atoms with Crippen LogP contribution in [0, 0.1) is 5.82 Å². The summed E-state index contributed by atoms with van der Waals surface area (Å²) in [7, 11) is 2.96. The Morgan fingerprint density at radius 1 is 1.07 bits per heavy atom. The first-order chi connectivity index (χ1) is 12.9.